The number of carbonyl (C=O) groups excluding carboxylic acids is 1. The average molecular weight is 284 g/mol. The normalized spacial score (nSPS) is 12.7. The molecule has 0 aliphatic carbocycles. The predicted molar refractivity (Wildman–Crippen MR) is 72.8 cm³/mol. The zero-order valence-corrected chi connectivity index (χ0v) is 11.8. The van der Waals surface area contributed by atoms with Crippen molar-refractivity contribution in [2.24, 2.45) is 0 Å². The predicted octanol–water partition coefficient (Wildman–Crippen LogP) is 3.77. The molecule has 1 aromatic rings. The van der Waals surface area contributed by atoms with Gasteiger partial charge in [0, 0.05) is 6.42 Å². The highest BCUT2D eigenvalue weighted by molar-refractivity contribution is 5.74. The molecule has 0 N–H and O–H groups in total. The number of hydrogen-bond acceptors (Lipinski definition) is 3. The molecule has 0 radical (unpaired) electrons. The van der Waals surface area contributed by atoms with Gasteiger partial charge in [0.25, 0.3) is 5.92 Å². The maximum atomic E-state index is 14.0. The molecule has 1 atom stereocenters. The summed E-state index contributed by atoms with van der Waals surface area (Å²) in [5, 5.41) is 0. The van der Waals surface area contributed by atoms with Crippen molar-refractivity contribution in [1.82, 2.24) is 0 Å². The molecule has 0 bridgehead atoms. The highest BCUT2D eigenvalue weighted by Crippen LogP contribution is 2.38. The minimum atomic E-state index is -3.04. The van der Waals surface area contributed by atoms with Crippen LogP contribution in [-0.4, -0.2) is 19.2 Å². The fourth-order valence-corrected chi connectivity index (χ4v) is 1.66. The number of ether oxygens (including phenoxy) is 2. The number of rotatable bonds is 6. The van der Waals surface area contributed by atoms with Gasteiger partial charge in [-0.05, 0) is 24.6 Å². The van der Waals surface area contributed by atoms with Crippen molar-refractivity contribution in [3.63, 3.8) is 0 Å². The van der Waals surface area contributed by atoms with Crippen LogP contribution in [0.5, 0.6) is 5.75 Å². The van der Waals surface area contributed by atoms with Gasteiger partial charge < -0.3 is 9.47 Å². The Morgan fingerprint density at radius 1 is 1.50 bits per heavy atom. The lowest BCUT2D eigenvalue weighted by Gasteiger charge is -2.21. The van der Waals surface area contributed by atoms with E-state index in [1.165, 1.54) is 39.2 Å². The molecular formula is C15H18F2O3. The maximum Gasteiger partial charge on any atom is 0.346 e. The summed E-state index contributed by atoms with van der Waals surface area (Å²) in [5.74, 6) is -3.69. The van der Waals surface area contributed by atoms with Crippen molar-refractivity contribution in [2.75, 3.05) is 7.11 Å². The second-order valence-corrected chi connectivity index (χ2v) is 4.30. The molecule has 5 heteroatoms. The number of halogens is 2. The summed E-state index contributed by atoms with van der Waals surface area (Å²) in [6, 6.07) is 4.33. The molecule has 1 rings (SSSR count). The van der Waals surface area contributed by atoms with Crippen molar-refractivity contribution < 1.29 is 23.0 Å². The molecule has 0 spiro atoms. The van der Waals surface area contributed by atoms with E-state index in [1.54, 1.807) is 6.07 Å². The molecule has 0 aromatic heterocycles. The smallest absolute Gasteiger partial charge is 0.346 e. The van der Waals surface area contributed by atoms with Crippen molar-refractivity contribution >= 4 is 12.0 Å². The Bertz CT molecular complexity index is 498. The van der Waals surface area contributed by atoms with Gasteiger partial charge in [0.15, 0.2) is 6.10 Å². The van der Waals surface area contributed by atoms with E-state index < -0.39 is 18.0 Å². The van der Waals surface area contributed by atoms with Crippen LogP contribution in [0, 0.1) is 0 Å². The molecule has 0 saturated carbocycles. The Hall–Kier alpha value is -1.91. The summed E-state index contributed by atoms with van der Waals surface area (Å²) in [6.45, 7) is 6.38. The van der Waals surface area contributed by atoms with Crippen LogP contribution in [0.4, 0.5) is 8.78 Å². The van der Waals surface area contributed by atoms with E-state index in [9.17, 15) is 13.6 Å². The first-order chi connectivity index (χ1) is 9.35. The second-order valence-electron chi connectivity index (χ2n) is 4.30. The molecule has 0 saturated heterocycles. The van der Waals surface area contributed by atoms with Crippen LogP contribution in [0.2, 0.25) is 0 Å². The van der Waals surface area contributed by atoms with Crippen molar-refractivity contribution in [3.05, 3.63) is 35.9 Å². The topological polar surface area (TPSA) is 35.5 Å². The van der Waals surface area contributed by atoms with Crippen LogP contribution in [0.15, 0.2) is 24.8 Å². The van der Waals surface area contributed by atoms with Crippen molar-refractivity contribution in [3.8, 4) is 5.75 Å². The molecule has 0 aliphatic heterocycles. The summed E-state index contributed by atoms with van der Waals surface area (Å²) in [7, 11) is 1.21. The summed E-state index contributed by atoms with van der Waals surface area (Å²) >= 11 is 0. The van der Waals surface area contributed by atoms with Gasteiger partial charge in [-0.15, -0.1) is 0 Å². The average Bonchev–Trinajstić information content (AvgIpc) is 2.46. The quantitative estimate of drug-likeness (QED) is 0.746. The lowest BCUT2D eigenvalue weighted by Crippen LogP contribution is -2.26. The Labute approximate surface area is 117 Å². The first kappa shape index (κ1) is 16.1. The van der Waals surface area contributed by atoms with Gasteiger partial charge in [0.1, 0.15) is 5.75 Å². The second kappa shape index (κ2) is 6.50. The molecule has 0 fully saturated rings. The van der Waals surface area contributed by atoms with Gasteiger partial charge >= 0.3 is 5.97 Å². The van der Waals surface area contributed by atoms with Gasteiger partial charge in [-0.1, -0.05) is 25.6 Å². The van der Waals surface area contributed by atoms with E-state index in [1.807, 2.05) is 0 Å². The molecule has 20 heavy (non-hydrogen) atoms. The summed E-state index contributed by atoms with van der Waals surface area (Å²) in [6.07, 6.45) is 0.153. The van der Waals surface area contributed by atoms with E-state index >= 15 is 0 Å². The van der Waals surface area contributed by atoms with Gasteiger partial charge in [-0.25, -0.2) is 13.6 Å². The van der Waals surface area contributed by atoms with E-state index in [-0.39, 0.29) is 17.7 Å². The molecule has 0 unspecified atom stereocenters. The Morgan fingerprint density at radius 2 is 2.15 bits per heavy atom. The van der Waals surface area contributed by atoms with Crippen LogP contribution in [0.3, 0.4) is 0 Å². The number of esters is 1. The Morgan fingerprint density at radius 3 is 2.65 bits per heavy atom. The first-order valence-electron chi connectivity index (χ1n) is 6.25. The molecule has 0 aliphatic rings. The molecule has 1 aromatic carbocycles. The van der Waals surface area contributed by atoms with Crippen LogP contribution >= 0.6 is 0 Å². The lowest BCUT2D eigenvalue weighted by molar-refractivity contribution is -0.148. The zero-order chi connectivity index (χ0) is 15.3. The van der Waals surface area contributed by atoms with Gasteiger partial charge in [0.05, 0.1) is 12.7 Å². The monoisotopic (exact) mass is 284 g/mol. The van der Waals surface area contributed by atoms with Gasteiger partial charge in [0.2, 0.25) is 0 Å². The van der Waals surface area contributed by atoms with Crippen LogP contribution in [0.25, 0.3) is 6.08 Å². The van der Waals surface area contributed by atoms with E-state index in [0.29, 0.717) is 5.56 Å². The van der Waals surface area contributed by atoms with E-state index in [2.05, 4.69) is 11.3 Å². The molecular weight excluding hydrogens is 266 g/mol. The van der Waals surface area contributed by atoms with Crippen LogP contribution < -0.4 is 4.74 Å². The lowest BCUT2D eigenvalue weighted by atomic mass is 10.0. The molecule has 3 nitrogen and oxygen atoms in total. The minimum absolute atomic E-state index is 0.0275. The van der Waals surface area contributed by atoms with E-state index in [4.69, 9.17) is 4.74 Å². The summed E-state index contributed by atoms with van der Waals surface area (Å²) in [5.41, 5.74) is 0.305. The molecule has 0 heterocycles. The van der Waals surface area contributed by atoms with E-state index in [0.717, 1.165) is 0 Å². The number of hydrogen-bond donors (Lipinski definition) is 0. The standard InChI is InChI=1S/C15H18F2O3/c1-5-11-7-8-13(20-10(3)14(18)19-4)12(9-11)15(16,17)6-2/h5,7-10H,1,6H2,2-4H3/t10-/m0/s1. The van der Waals surface area contributed by atoms with Crippen LogP contribution in [-0.2, 0) is 15.5 Å². The van der Waals surface area contributed by atoms with Gasteiger partial charge in [-0.3, -0.25) is 0 Å². The zero-order valence-electron chi connectivity index (χ0n) is 11.8. The minimum Gasteiger partial charge on any atom is -0.479 e. The van der Waals surface area contributed by atoms with Crippen molar-refractivity contribution in [2.45, 2.75) is 32.3 Å². The van der Waals surface area contributed by atoms with Crippen molar-refractivity contribution in [1.29, 1.82) is 0 Å². The summed E-state index contributed by atoms with van der Waals surface area (Å²) in [4.78, 5) is 11.3. The highest BCUT2D eigenvalue weighted by Gasteiger charge is 2.33. The molecule has 0 amide bonds. The number of alkyl halides is 2. The Kier molecular flexibility index (Phi) is 5.25. The number of carbonyl (C=O) groups is 1. The largest absolute Gasteiger partial charge is 0.479 e. The first-order valence-corrected chi connectivity index (χ1v) is 6.25. The van der Waals surface area contributed by atoms with Gasteiger partial charge in [-0.2, -0.15) is 0 Å². The maximum absolute atomic E-state index is 14.0. The molecule has 110 valence electrons. The fraction of sp³-hybridized carbons (Fsp3) is 0.400. The Balaban J connectivity index is 3.18. The number of benzene rings is 1. The third-order valence-electron chi connectivity index (χ3n) is 2.91. The highest BCUT2D eigenvalue weighted by atomic mass is 19.3. The summed E-state index contributed by atoms with van der Waals surface area (Å²) < 4.78 is 37.7. The third-order valence-corrected chi connectivity index (χ3v) is 2.91. The SMILES string of the molecule is C=Cc1ccc(O[C@@H](C)C(=O)OC)c(C(F)(F)CC)c1. The third kappa shape index (κ3) is 3.56. The number of methoxy groups -OCH3 is 1. The van der Waals surface area contributed by atoms with Crippen LogP contribution in [0.1, 0.15) is 31.4 Å². The fourth-order valence-electron chi connectivity index (χ4n) is 1.66.